The molecule has 0 bridgehead atoms. The zero-order chi connectivity index (χ0) is 17.5. The summed E-state index contributed by atoms with van der Waals surface area (Å²) in [5.74, 6) is 0. The van der Waals surface area contributed by atoms with Gasteiger partial charge in [-0.15, -0.1) is 0 Å². The molecule has 1 aliphatic rings. The van der Waals surface area contributed by atoms with Gasteiger partial charge in [0.2, 0.25) is 0 Å². The monoisotopic (exact) mass is 334 g/mol. The van der Waals surface area contributed by atoms with Gasteiger partial charge in [0.25, 0.3) is 0 Å². The summed E-state index contributed by atoms with van der Waals surface area (Å²) < 4.78 is 0. The Kier molecular flexibility index (Phi) is 6.30. The second kappa shape index (κ2) is 8.87. The zero-order valence-corrected chi connectivity index (χ0v) is 15.4. The first-order chi connectivity index (χ1) is 12.3. The van der Waals surface area contributed by atoms with Crippen LogP contribution < -0.4 is 15.8 Å². The van der Waals surface area contributed by atoms with E-state index in [0.29, 0.717) is 0 Å². The summed E-state index contributed by atoms with van der Waals surface area (Å²) in [7, 11) is 0. The fourth-order valence-corrected chi connectivity index (χ4v) is 3.65. The minimum absolute atomic E-state index is 0.995. The van der Waals surface area contributed by atoms with Crippen LogP contribution in [-0.2, 0) is 0 Å². The average Bonchev–Trinajstić information content (AvgIpc) is 2.64. The van der Waals surface area contributed by atoms with E-state index in [4.69, 9.17) is 0 Å². The topological polar surface area (TPSA) is 15.3 Å². The molecule has 25 heavy (non-hydrogen) atoms. The van der Waals surface area contributed by atoms with Gasteiger partial charge >= 0.3 is 0 Å². The maximum absolute atomic E-state index is 4.23. The summed E-state index contributed by atoms with van der Waals surface area (Å²) in [5.41, 5.74) is 3.78. The average molecular weight is 335 g/mol. The van der Waals surface area contributed by atoms with Crippen molar-refractivity contribution < 1.29 is 0 Å². The Morgan fingerprint density at radius 2 is 1.72 bits per heavy atom. The molecule has 0 spiro atoms. The molecule has 3 rings (SSSR count). The molecule has 2 heteroatoms. The number of likely N-dealkylation sites (tertiary alicyclic amines) is 1. The molecule has 0 atom stereocenters. The van der Waals surface area contributed by atoms with Gasteiger partial charge in [0.15, 0.2) is 0 Å². The maximum atomic E-state index is 4.23. The molecule has 1 fully saturated rings. The molecule has 1 saturated heterocycles. The van der Waals surface area contributed by atoms with Crippen molar-refractivity contribution in [1.29, 1.82) is 0 Å². The first kappa shape index (κ1) is 17.8. The first-order valence-corrected chi connectivity index (χ1v) is 9.56. The summed E-state index contributed by atoms with van der Waals surface area (Å²) in [4.78, 5) is 2.61. The number of nitrogens with one attached hydrogen (secondary N) is 1. The Hall–Kier alpha value is -2.06. The fraction of sp³-hybridized carbons (Fsp3) is 0.391. The van der Waals surface area contributed by atoms with E-state index < -0.39 is 0 Å². The summed E-state index contributed by atoms with van der Waals surface area (Å²) in [5, 5.41) is 6.00. The highest BCUT2D eigenvalue weighted by molar-refractivity contribution is 5.66. The van der Waals surface area contributed by atoms with Crippen LogP contribution in [0, 0.1) is 6.92 Å². The van der Waals surface area contributed by atoms with Crippen LogP contribution in [0.4, 0.5) is 0 Å². The van der Waals surface area contributed by atoms with E-state index >= 15 is 0 Å². The van der Waals surface area contributed by atoms with E-state index in [9.17, 15) is 0 Å². The van der Waals surface area contributed by atoms with Gasteiger partial charge in [0.05, 0.1) is 0 Å². The molecule has 0 unspecified atom stereocenters. The van der Waals surface area contributed by atoms with E-state index in [0.717, 1.165) is 11.8 Å². The van der Waals surface area contributed by atoms with Gasteiger partial charge in [-0.1, -0.05) is 61.5 Å². The molecule has 2 nitrogen and oxygen atoms in total. The third-order valence-electron chi connectivity index (χ3n) is 5.10. The lowest BCUT2D eigenvalue weighted by Gasteiger charge is -2.26. The van der Waals surface area contributed by atoms with Gasteiger partial charge < -0.3 is 10.2 Å². The Morgan fingerprint density at radius 3 is 2.48 bits per heavy atom. The van der Waals surface area contributed by atoms with E-state index in [2.05, 4.69) is 72.3 Å². The largest absolute Gasteiger partial charge is 0.384 e. The second-order valence-electron chi connectivity index (χ2n) is 7.03. The summed E-state index contributed by atoms with van der Waals surface area (Å²) in [6.45, 7) is 11.1. The summed E-state index contributed by atoms with van der Waals surface area (Å²) in [6.07, 6.45) is 5.31. The zero-order valence-electron chi connectivity index (χ0n) is 15.4. The molecule has 2 aromatic rings. The molecule has 0 saturated carbocycles. The van der Waals surface area contributed by atoms with Crippen LogP contribution >= 0.6 is 0 Å². The van der Waals surface area contributed by atoms with Crippen LogP contribution in [0.3, 0.4) is 0 Å². The molecule has 1 N–H and O–H groups in total. The lowest BCUT2D eigenvalue weighted by atomic mass is 10.0. The number of hydrogen-bond donors (Lipinski definition) is 1. The molecule has 1 heterocycles. The SMILES string of the molecule is C=c1cccc/c1=C(\NCCCN1CCCCC1)c1ccccc1C. The molecular weight excluding hydrogens is 304 g/mol. The van der Waals surface area contributed by atoms with E-state index in [1.165, 1.54) is 67.4 Å². The van der Waals surface area contributed by atoms with Crippen LogP contribution in [-0.4, -0.2) is 31.1 Å². The van der Waals surface area contributed by atoms with Crippen molar-refractivity contribution in [1.82, 2.24) is 10.2 Å². The van der Waals surface area contributed by atoms with Crippen molar-refractivity contribution in [2.45, 2.75) is 32.6 Å². The summed E-state index contributed by atoms with van der Waals surface area (Å²) in [6, 6.07) is 17.0. The number of aryl methyl sites for hydroxylation is 1. The van der Waals surface area contributed by atoms with Crippen molar-refractivity contribution in [2.75, 3.05) is 26.2 Å². The van der Waals surface area contributed by atoms with Gasteiger partial charge in [-0.3, -0.25) is 0 Å². The predicted octanol–water partition coefficient (Wildman–Crippen LogP) is 3.03. The Labute approximate surface area is 151 Å². The van der Waals surface area contributed by atoms with Crippen LogP contribution in [0.1, 0.15) is 36.8 Å². The number of hydrogen-bond acceptors (Lipinski definition) is 2. The van der Waals surface area contributed by atoms with Gasteiger partial charge in [-0.2, -0.15) is 0 Å². The minimum Gasteiger partial charge on any atom is -0.384 e. The molecule has 0 aromatic heterocycles. The van der Waals surface area contributed by atoms with Crippen molar-refractivity contribution in [3.05, 3.63) is 70.1 Å². The van der Waals surface area contributed by atoms with Crippen molar-refractivity contribution in [3.8, 4) is 0 Å². The number of piperidine rings is 1. The summed E-state index contributed by atoms with van der Waals surface area (Å²) >= 11 is 0. The number of benzene rings is 2. The Balaban J connectivity index is 1.77. The van der Waals surface area contributed by atoms with Crippen LogP contribution in [0.25, 0.3) is 12.3 Å². The lowest BCUT2D eigenvalue weighted by Crippen LogP contribution is -2.34. The van der Waals surface area contributed by atoms with Crippen LogP contribution in [0.2, 0.25) is 0 Å². The maximum Gasteiger partial charge on any atom is 0.0495 e. The quantitative estimate of drug-likeness (QED) is 0.817. The lowest BCUT2D eigenvalue weighted by molar-refractivity contribution is 0.226. The van der Waals surface area contributed by atoms with Crippen LogP contribution in [0.5, 0.6) is 0 Å². The highest BCUT2D eigenvalue weighted by Crippen LogP contribution is 2.14. The second-order valence-corrected chi connectivity index (χ2v) is 7.03. The van der Waals surface area contributed by atoms with Crippen molar-refractivity contribution >= 4 is 12.3 Å². The Bertz CT molecular complexity index is 788. The number of nitrogens with zero attached hydrogens (tertiary/aromatic N) is 1. The fourth-order valence-electron chi connectivity index (χ4n) is 3.65. The highest BCUT2D eigenvalue weighted by Gasteiger charge is 2.10. The first-order valence-electron chi connectivity index (χ1n) is 9.56. The normalized spacial score (nSPS) is 16.5. The van der Waals surface area contributed by atoms with Gasteiger partial charge in [0.1, 0.15) is 0 Å². The van der Waals surface area contributed by atoms with E-state index in [-0.39, 0.29) is 0 Å². The predicted molar refractivity (Wildman–Crippen MR) is 108 cm³/mol. The van der Waals surface area contributed by atoms with E-state index in [1.54, 1.807) is 0 Å². The van der Waals surface area contributed by atoms with Gasteiger partial charge in [-0.25, -0.2) is 0 Å². The molecule has 0 amide bonds. The molecule has 132 valence electrons. The molecule has 1 aliphatic heterocycles. The van der Waals surface area contributed by atoms with Gasteiger partial charge in [-0.05, 0) is 56.6 Å². The van der Waals surface area contributed by atoms with E-state index in [1.807, 2.05) is 0 Å². The Morgan fingerprint density at radius 1 is 1.00 bits per heavy atom. The van der Waals surface area contributed by atoms with Crippen molar-refractivity contribution in [3.63, 3.8) is 0 Å². The molecule has 0 aliphatic carbocycles. The third kappa shape index (κ3) is 4.73. The highest BCUT2D eigenvalue weighted by atomic mass is 15.1. The molecular formula is C23H30N2. The standard InChI is InChI=1S/C23H30N2/c1-19-11-4-6-13-21(19)23(22-14-7-5-12-20(22)2)24-15-10-18-25-16-8-3-9-17-25/h4-7,11-14,24H,1,3,8-10,15-18H2,2H3/b23-21+. The smallest absolute Gasteiger partial charge is 0.0495 e. The van der Waals surface area contributed by atoms with Crippen molar-refractivity contribution in [2.24, 2.45) is 0 Å². The minimum atomic E-state index is 0.995. The number of rotatable bonds is 6. The third-order valence-corrected chi connectivity index (χ3v) is 5.10. The van der Waals surface area contributed by atoms with Gasteiger partial charge in [0, 0.05) is 23.0 Å². The molecule has 0 radical (unpaired) electrons. The molecule has 2 aromatic carbocycles. The van der Waals surface area contributed by atoms with Crippen LogP contribution in [0.15, 0.2) is 48.5 Å².